The van der Waals surface area contributed by atoms with E-state index in [1.165, 1.54) is 6.42 Å². The summed E-state index contributed by atoms with van der Waals surface area (Å²) < 4.78 is 25.7. The first kappa shape index (κ1) is 12.9. The molecule has 0 aromatic carbocycles. The summed E-state index contributed by atoms with van der Waals surface area (Å²) in [7, 11) is 0. The zero-order valence-electron chi connectivity index (χ0n) is 9.81. The topological polar surface area (TPSA) is 12.0 Å². The molecule has 0 aromatic heterocycles. The van der Waals surface area contributed by atoms with Gasteiger partial charge in [-0.05, 0) is 31.2 Å². The van der Waals surface area contributed by atoms with Crippen LogP contribution in [-0.4, -0.2) is 19.0 Å². The van der Waals surface area contributed by atoms with Crippen LogP contribution in [0.15, 0.2) is 0 Å². The smallest absolute Gasteiger partial charge is 0.253 e. The summed E-state index contributed by atoms with van der Waals surface area (Å²) in [5.74, 6) is 0.854. The van der Waals surface area contributed by atoms with Gasteiger partial charge in [-0.15, -0.1) is 0 Å². The number of alkyl halides is 2. The van der Waals surface area contributed by atoms with Crippen molar-refractivity contribution in [2.24, 2.45) is 11.8 Å². The minimum atomic E-state index is -2.22. The Morgan fingerprint density at radius 1 is 1.27 bits per heavy atom. The fourth-order valence-corrected chi connectivity index (χ4v) is 2.73. The van der Waals surface area contributed by atoms with E-state index in [1.807, 2.05) is 6.92 Å². The van der Waals surface area contributed by atoms with Gasteiger partial charge in [0.25, 0.3) is 6.43 Å². The van der Waals surface area contributed by atoms with E-state index >= 15 is 0 Å². The van der Waals surface area contributed by atoms with Crippen LogP contribution in [0.1, 0.15) is 46.0 Å². The highest BCUT2D eigenvalue weighted by molar-refractivity contribution is 4.83. The average Bonchev–Trinajstić information content (AvgIpc) is 2.25. The maximum Gasteiger partial charge on any atom is 0.253 e. The maximum atomic E-state index is 12.8. The summed E-state index contributed by atoms with van der Waals surface area (Å²) in [6, 6.07) is -0.579. The summed E-state index contributed by atoms with van der Waals surface area (Å²) in [6.07, 6.45) is 3.23. The third kappa shape index (κ3) is 3.71. The van der Waals surface area contributed by atoms with Crippen molar-refractivity contribution in [2.75, 3.05) is 6.54 Å². The molecule has 1 aliphatic rings. The highest BCUT2D eigenvalue weighted by atomic mass is 19.3. The van der Waals surface area contributed by atoms with Crippen LogP contribution < -0.4 is 5.32 Å². The van der Waals surface area contributed by atoms with Crippen molar-refractivity contribution >= 4 is 0 Å². The van der Waals surface area contributed by atoms with Crippen molar-refractivity contribution in [1.82, 2.24) is 5.32 Å². The Labute approximate surface area is 91.6 Å². The Hall–Kier alpha value is -0.180. The van der Waals surface area contributed by atoms with Gasteiger partial charge in [0.15, 0.2) is 0 Å². The van der Waals surface area contributed by atoms with Crippen molar-refractivity contribution < 1.29 is 8.78 Å². The molecule has 0 radical (unpaired) electrons. The summed E-state index contributed by atoms with van der Waals surface area (Å²) in [5, 5.41) is 2.95. The number of rotatable bonds is 5. The number of hydrogen-bond acceptors (Lipinski definition) is 1. The Morgan fingerprint density at radius 3 is 2.53 bits per heavy atom. The molecule has 3 unspecified atom stereocenters. The molecule has 0 heterocycles. The fraction of sp³-hybridized carbons (Fsp3) is 1.00. The molecule has 0 bridgehead atoms. The molecule has 0 amide bonds. The number of nitrogens with one attached hydrogen (secondary N) is 1. The Balaban J connectivity index is 2.50. The fourth-order valence-electron chi connectivity index (χ4n) is 2.73. The molecule has 0 saturated heterocycles. The van der Waals surface area contributed by atoms with E-state index in [0.717, 1.165) is 25.7 Å². The van der Waals surface area contributed by atoms with Gasteiger partial charge in [-0.3, -0.25) is 0 Å². The summed E-state index contributed by atoms with van der Waals surface area (Å²) in [6.45, 7) is 4.70. The standard InChI is InChI=1S/C12H23F2N/c1-3-9-6-5-7-10(8-9)11(12(13)14)15-4-2/h9-12,15H,3-8H2,1-2H3. The molecule has 1 fully saturated rings. The second kappa shape index (κ2) is 6.41. The molecule has 3 heteroatoms. The van der Waals surface area contributed by atoms with Gasteiger partial charge in [0.05, 0.1) is 6.04 Å². The van der Waals surface area contributed by atoms with E-state index < -0.39 is 12.5 Å². The molecule has 1 aliphatic carbocycles. The van der Waals surface area contributed by atoms with Gasteiger partial charge in [0.2, 0.25) is 0 Å². The first-order chi connectivity index (χ1) is 7.19. The Kier molecular flexibility index (Phi) is 5.51. The summed E-state index contributed by atoms with van der Waals surface area (Å²) >= 11 is 0. The van der Waals surface area contributed by atoms with Crippen molar-refractivity contribution in [3.8, 4) is 0 Å². The molecule has 1 saturated carbocycles. The van der Waals surface area contributed by atoms with Gasteiger partial charge < -0.3 is 5.32 Å². The molecular formula is C12H23F2N. The lowest BCUT2D eigenvalue weighted by Crippen LogP contribution is -2.43. The van der Waals surface area contributed by atoms with Gasteiger partial charge in [-0.25, -0.2) is 8.78 Å². The van der Waals surface area contributed by atoms with Crippen molar-refractivity contribution in [1.29, 1.82) is 0 Å². The number of hydrogen-bond donors (Lipinski definition) is 1. The van der Waals surface area contributed by atoms with Gasteiger partial charge in [-0.2, -0.15) is 0 Å². The predicted octanol–water partition coefficient (Wildman–Crippen LogP) is 3.45. The number of halogens is 2. The highest BCUT2D eigenvalue weighted by Gasteiger charge is 2.32. The van der Waals surface area contributed by atoms with Crippen LogP contribution in [0, 0.1) is 11.8 Å². The van der Waals surface area contributed by atoms with E-state index in [0.29, 0.717) is 12.5 Å². The maximum absolute atomic E-state index is 12.8. The minimum absolute atomic E-state index is 0.184. The third-order valence-corrected chi connectivity index (χ3v) is 3.62. The molecule has 1 nitrogen and oxygen atoms in total. The zero-order valence-corrected chi connectivity index (χ0v) is 9.81. The van der Waals surface area contributed by atoms with E-state index in [-0.39, 0.29) is 5.92 Å². The largest absolute Gasteiger partial charge is 0.309 e. The van der Waals surface area contributed by atoms with E-state index in [9.17, 15) is 8.78 Å². The van der Waals surface area contributed by atoms with Crippen LogP contribution in [0.25, 0.3) is 0 Å². The Bertz CT molecular complexity index is 173. The van der Waals surface area contributed by atoms with E-state index in [2.05, 4.69) is 12.2 Å². The second-order valence-electron chi connectivity index (χ2n) is 4.62. The predicted molar refractivity (Wildman–Crippen MR) is 59.2 cm³/mol. The second-order valence-corrected chi connectivity index (χ2v) is 4.62. The van der Waals surface area contributed by atoms with Crippen LogP contribution >= 0.6 is 0 Å². The van der Waals surface area contributed by atoms with Gasteiger partial charge in [-0.1, -0.05) is 33.1 Å². The molecule has 90 valence electrons. The normalized spacial score (nSPS) is 29.4. The lowest BCUT2D eigenvalue weighted by molar-refractivity contribution is 0.0501. The average molecular weight is 219 g/mol. The minimum Gasteiger partial charge on any atom is -0.309 e. The van der Waals surface area contributed by atoms with Crippen molar-refractivity contribution in [2.45, 2.75) is 58.4 Å². The van der Waals surface area contributed by atoms with E-state index in [4.69, 9.17) is 0 Å². The quantitative estimate of drug-likeness (QED) is 0.746. The molecule has 3 atom stereocenters. The molecule has 1 rings (SSSR count). The first-order valence-electron chi connectivity index (χ1n) is 6.20. The van der Waals surface area contributed by atoms with Crippen LogP contribution in [0.2, 0.25) is 0 Å². The molecule has 1 N–H and O–H groups in total. The monoisotopic (exact) mass is 219 g/mol. The molecule has 15 heavy (non-hydrogen) atoms. The van der Waals surface area contributed by atoms with Crippen LogP contribution in [0.4, 0.5) is 8.78 Å². The molecule has 0 aromatic rings. The highest BCUT2D eigenvalue weighted by Crippen LogP contribution is 2.34. The SMILES string of the molecule is CCNC(C(F)F)C1CCCC(CC)C1. The summed E-state index contributed by atoms with van der Waals surface area (Å²) in [5.41, 5.74) is 0. The van der Waals surface area contributed by atoms with Crippen molar-refractivity contribution in [3.05, 3.63) is 0 Å². The van der Waals surface area contributed by atoms with Crippen LogP contribution in [0.3, 0.4) is 0 Å². The molecule has 0 spiro atoms. The lowest BCUT2D eigenvalue weighted by atomic mass is 9.77. The Morgan fingerprint density at radius 2 is 2.00 bits per heavy atom. The molecular weight excluding hydrogens is 196 g/mol. The third-order valence-electron chi connectivity index (χ3n) is 3.62. The van der Waals surface area contributed by atoms with Crippen LogP contribution in [-0.2, 0) is 0 Å². The van der Waals surface area contributed by atoms with Gasteiger partial charge in [0, 0.05) is 0 Å². The van der Waals surface area contributed by atoms with E-state index in [1.54, 1.807) is 0 Å². The lowest BCUT2D eigenvalue weighted by Gasteiger charge is -2.34. The zero-order chi connectivity index (χ0) is 11.3. The van der Waals surface area contributed by atoms with Crippen molar-refractivity contribution in [3.63, 3.8) is 0 Å². The van der Waals surface area contributed by atoms with Crippen LogP contribution in [0.5, 0.6) is 0 Å². The molecule has 0 aliphatic heterocycles. The summed E-state index contributed by atoms with van der Waals surface area (Å²) in [4.78, 5) is 0. The van der Waals surface area contributed by atoms with Gasteiger partial charge in [0.1, 0.15) is 0 Å². The first-order valence-corrected chi connectivity index (χ1v) is 6.20. The van der Waals surface area contributed by atoms with Gasteiger partial charge >= 0.3 is 0 Å².